The number of nitrogens with one attached hydrogen (secondary N) is 2. The van der Waals surface area contributed by atoms with Gasteiger partial charge in [0.05, 0.1) is 6.04 Å². The number of anilines is 1. The quantitative estimate of drug-likeness (QED) is 0.777. The summed E-state index contributed by atoms with van der Waals surface area (Å²) < 4.78 is 0. The van der Waals surface area contributed by atoms with Crippen LogP contribution in [-0.2, 0) is 9.59 Å². The first-order chi connectivity index (χ1) is 8.88. The summed E-state index contributed by atoms with van der Waals surface area (Å²) in [5.74, 6) is -0.196. The zero-order valence-corrected chi connectivity index (χ0v) is 12.8. The minimum absolute atomic E-state index is 0. The van der Waals surface area contributed by atoms with Gasteiger partial charge in [-0.1, -0.05) is 12.1 Å². The molecule has 2 amide bonds. The molecule has 0 spiro atoms. The van der Waals surface area contributed by atoms with Crippen LogP contribution < -0.4 is 16.4 Å². The molecule has 6 heteroatoms. The van der Waals surface area contributed by atoms with Crippen molar-refractivity contribution in [2.45, 2.75) is 39.3 Å². The van der Waals surface area contributed by atoms with Crippen LogP contribution in [0.15, 0.2) is 24.3 Å². The normalized spacial score (nSPS) is 12.8. The van der Waals surface area contributed by atoms with E-state index in [0.29, 0.717) is 6.42 Å². The number of carbonyl (C=O) groups is 2. The average molecular weight is 300 g/mol. The molecule has 4 N–H and O–H groups in total. The van der Waals surface area contributed by atoms with Crippen LogP contribution in [0.1, 0.15) is 38.8 Å². The highest BCUT2D eigenvalue weighted by atomic mass is 35.5. The lowest BCUT2D eigenvalue weighted by Gasteiger charge is -2.16. The molecule has 1 aromatic carbocycles. The molecule has 0 saturated heterocycles. The van der Waals surface area contributed by atoms with Crippen molar-refractivity contribution >= 4 is 29.9 Å². The minimum Gasteiger partial charge on any atom is -0.350 e. The molecule has 2 unspecified atom stereocenters. The first-order valence-corrected chi connectivity index (χ1v) is 6.31. The molecular formula is C14H22ClN3O2. The number of amides is 2. The Bertz CT molecular complexity index is 463. The number of hydrogen-bond donors (Lipinski definition) is 3. The van der Waals surface area contributed by atoms with Crippen molar-refractivity contribution in [3.63, 3.8) is 0 Å². The topological polar surface area (TPSA) is 84.2 Å². The first-order valence-electron chi connectivity index (χ1n) is 6.31. The number of nitrogens with two attached hydrogens (primary N) is 1. The van der Waals surface area contributed by atoms with Gasteiger partial charge in [0.25, 0.3) is 0 Å². The number of hydrogen-bond acceptors (Lipinski definition) is 3. The van der Waals surface area contributed by atoms with Gasteiger partial charge in [0, 0.05) is 25.1 Å². The van der Waals surface area contributed by atoms with Crippen LogP contribution in [0.5, 0.6) is 0 Å². The molecule has 0 bridgehead atoms. The third-order valence-corrected chi connectivity index (χ3v) is 2.59. The maximum atomic E-state index is 11.6. The second kappa shape index (κ2) is 8.55. The standard InChI is InChI=1S/C14H21N3O2.ClH/c1-9(15)7-14(19)16-10(2)12-5-4-6-13(8-12)17-11(3)18;/h4-6,8-10H,7,15H2,1-3H3,(H,16,19)(H,17,18);1H. The molecular weight excluding hydrogens is 278 g/mol. The summed E-state index contributed by atoms with van der Waals surface area (Å²) in [4.78, 5) is 22.6. The van der Waals surface area contributed by atoms with Crippen LogP contribution >= 0.6 is 12.4 Å². The molecule has 0 aromatic heterocycles. The van der Waals surface area contributed by atoms with Crippen LogP contribution in [0.3, 0.4) is 0 Å². The Balaban J connectivity index is 0.00000361. The van der Waals surface area contributed by atoms with Gasteiger partial charge in [0.15, 0.2) is 0 Å². The second-order valence-corrected chi connectivity index (χ2v) is 4.78. The molecule has 0 aliphatic rings. The Morgan fingerprint density at radius 1 is 1.30 bits per heavy atom. The van der Waals surface area contributed by atoms with E-state index in [0.717, 1.165) is 11.3 Å². The van der Waals surface area contributed by atoms with E-state index in [4.69, 9.17) is 5.73 Å². The Morgan fingerprint density at radius 2 is 1.95 bits per heavy atom. The van der Waals surface area contributed by atoms with Crippen molar-refractivity contribution in [2.24, 2.45) is 5.73 Å². The summed E-state index contributed by atoms with van der Waals surface area (Å²) in [6, 6.07) is 7.12. The fraction of sp³-hybridized carbons (Fsp3) is 0.429. The second-order valence-electron chi connectivity index (χ2n) is 4.78. The number of benzene rings is 1. The SMILES string of the molecule is CC(=O)Nc1cccc(C(C)NC(=O)CC(C)N)c1.Cl. The molecule has 1 rings (SSSR count). The van der Waals surface area contributed by atoms with Gasteiger partial charge in [-0.3, -0.25) is 9.59 Å². The Labute approximate surface area is 125 Å². The van der Waals surface area contributed by atoms with Gasteiger partial charge < -0.3 is 16.4 Å². The first kappa shape index (κ1) is 18.4. The zero-order chi connectivity index (χ0) is 14.4. The molecule has 20 heavy (non-hydrogen) atoms. The van der Waals surface area contributed by atoms with Crippen molar-refractivity contribution in [2.75, 3.05) is 5.32 Å². The lowest BCUT2D eigenvalue weighted by Crippen LogP contribution is -2.31. The van der Waals surface area contributed by atoms with E-state index < -0.39 is 0 Å². The Hall–Kier alpha value is -1.59. The van der Waals surface area contributed by atoms with Crippen molar-refractivity contribution in [1.29, 1.82) is 0 Å². The largest absolute Gasteiger partial charge is 0.350 e. The molecule has 0 fully saturated rings. The van der Waals surface area contributed by atoms with Gasteiger partial charge in [-0.25, -0.2) is 0 Å². The van der Waals surface area contributed by atoms with Crippen LogP contribution in [-0.4, -0.2) is 17.9 Å². The van der Waals surface area contributed by atoms with Crippen molar-refractivity contribution < 1.29 is 9.59 Å². The fourth-order valence-electron chi connectivity index (χ4n) is 1.77. The predicted molar refractivity (Wildman–Crippen MR) is 82.8 cm³/mol. The third kappa shape index (κ3) is 6.54. The molecule has 5 nitrogen and oxygen atoms in total. The summed E-state index contributed by atoms with van der Waals surface area (Å²) in [5.41, 5.74) is 7.23. The monoisotopic (exact) mass is 299 g/mol. The van der Waals surface area contributed by atoms with Gasteiger partial charge >= 0.3 is 0 Å². The molecule has 0 heterocycles. The summed E-state index contributed by atoms with van der Waals surface area (Å²) >= 11 is 0. The maximum absolute atomic E-state index is 11.6. The van der Waals surface area contributed by atoms with E-state index in [-0.39, 0.29) is 36.3 Å². The van der Waals surface area contributed by atoms with Crippen LogP contribution in [0.4, 0.5) is 5.69 Å². The highest BCUT2D eigenvalue weighted by molar-refractivity contribution is 5.88. The predicted octanol–water partition coefficient (Wildman–Crippen LogP) is 1.98. The zero-order valence-electron chi connectivity index (χ0n) is 12.0. The average Bonchev–Trinajstić information content (AvgIpc) is 2.27. The van der Waals surface area contributed by atoms with Gasteiger partial charge in [-0.15, -0.1) is 12.4 Å². The smallest absolute Gasteiger partial charge is 0.222 e. The van der Waals surface area contributed by atoms with E-state index in [2.05, 4.69) is 10.6 Å². The number of halogens is 1. The van der Waals surface area contributed by atoms with Gasteiger partial charge in [-0.05, 0) is 31.5 Å². The molecule has 0 saturated carbocycles. The van der Waals surface area contributed by atoms with Gasteiger partial charge in [-0.2, -0.15) is 0 Å². The third-order valence-electron chi connectivity index (χ3n) is 2.59. The number of carbonyl (C=O) groups excluding carboxylic acids is 2. The highest BCUT2D eigenvalue weighted by Crippen LogP contribution is 2.17. The molecule has 112 valence electrons. The maximum Gasteiger partial charge on any atom is 0.222 e. The number of rotatable bonds is 5. The molecule has 1 aromatic rings. The van der Waals surface area contributed by atoms with Crippen LogP contribution in [0.2, 0.25) is 0 Å². The summed E-state index contributed by atoms with van der Waals surface area (Å²) in [6.45, 7) is 5.15. The van der Waals surface area contributed by atoms with Gasteiger partial charge in [0.2, 0.25) is 11.8 Å². The van der Waals surface area contributed by atoms with E-state index in [9.17, 15) is 9.59 Å². The van der Waals surface area contributed by atoms with E-state index in [1.54, 1.807) is 13.0 Å². The lowest BCUT2D eigenvalue weighted by atomic mass is 10.1. The van der Waals surface area contributed by atoms with Crippen molar-refractivity contribution in [3.8, 4) is 0 Å². The van der Waals surface area contributed by atoms with Crippen molar-refractivity contribution in [1.82, 2.24) is 5.32 Å². The lowest BCUT2D eigenvalue weighted by molar-refractivity contribution is -0.122. The summed E-state index contributed by atoms with van der Waals surface area (Å²) in [6.07, 6.45) is 0.301. The Kier molecular flexibility index (Phi) is 7.87. The van der Waals surface area contributed by atoms with E-state index >= 15 is 0 Å². The van der Waals surface area contributed by atoms with Crippen molar-refractivity contribution in [3.05, 3.63) is 29.8 Å². The van der Waals surface area contributed by atoms with E-state index in [1.165, 1.54) is 6.92 Å². The summed E-state index contributed by atoms with van der Waals surface area (Å²) in [7, 11) is 0. The molecule has 0 aliphatic carbocycles. The fourth-order valence-corrected chi connectivity index (χ4v) is 1.77. The molecule has 0 aliphatic heterocycles. The van der Waals surface area contributed by atoms with Crippen LogP contribution in [0, 0.1) is 0 Å². The molecule has 0 radical (unpaired) electrons. The van der Waals surface area contributed by atoms with Crippen LogP contribution in [0.25, 0.3) is 0 Å². The molecule has 2 atom stereocenters. The summed E-state index contributed by atoms with van der Waals surface area (Å²) in [5, 5.41) is 5.59. The van der Waals surface area contributed by atoms with E-state index in [1.807, 2.05) is 25.1 Å². The Morgan fingerprint density at radius 3 is 2.50 bits per heavy atom. The minimum atomic E-state index is -0.155. The van der Waals surface area contributed by atoms with Gasteiger partial charge in [0.1, 0.15) is 0 Å². The highest BCUT2D eigenvalue weighted by Gasteiger charge is 2.11.